The van der Waals surface area contributed by atoms with Crippen molar-refractivity contribution in [1.29, 1.82) is 0 Å². The molecule has 0 bridgehead atoms. The average Bonchev–Trinajstić information content (AvgIpc) is 2.49. The van der Waals surface area contributed by atoms with Gasteiger partial charge in [-0.2, -0.15) is 0 Å². The van der Waals surface area contributed by atoms with Gasteiger partial charge in [0.25, 0.3) is 0 Å². The van der Waals surface area contributed by atoms with E-state index >= 15 is 0 Å². The number of benzene rings is 1. The van der Waals surface area contributed by atoms with Crippen LogP contribution in [0.1, 0.15) is 18.4 Å². The SMILES string of the molecule is COc1cc(/C=C/C(=O)OCCCCON(O)O)ccc1O. The molecule has 1 rings (SSSR count). The molecular weight excluding hydrogens is 294 g/mol. The van der Waals surface area contributed by atoms with Crippen LogP contribution < -0.4 is 4.74 Å². The minimum atomic E-state index is -0.501. The Morgan fingerprint density at radius 1 is 1.27 bits per heavy atom. The topological polar surface area (TPSA) is 109 Å². The molecule has 0 spiro atoms. The smallest absolute Gasteiger partial charge is 0.330 e. The summed E-state index contributed by atoms with van der Waals surface area (Å²) in [6, 6.07) is 4.69. The number of rotatable bonds is 9. The molecule has 0 saturated heterocycles. The second-order valence-corrected chi connectivity index (χ2v) is 4.23. The largest absolute Gasteiger partial charge is 0.504 e. The molecule has 0 saturated carbocycles. The molecule has 1 aromatic rings. The first-order chi connectivity index (χ1) is 10.5. The van der Waals surface area contributed by atoms with Crippen molar-refractivity contribution in [3.05, 3.63) is 29.8 Å². The number of carbonyl (C=O) groups is 1. The van der Waals surface area contributed by atoms with Gasteiger partial charge in [0.1, 0.15) is 0 Å². The Morgan fingerprint density at radius 2 is 2.00 bits per heavy atom. The number of methoxy groups -OCH3 is 1. The Hall–Kier alpha value is -2.13. The van der Waals surface area contributed by atoms with E-state index in [0.717, 1.165) is 0 Å². The van der Waals surface area contributed by atoms with Crippen LogP contribution in [0.4, 0.5) is 0 Å². The van der Waals surface area contributed by atoms with Crippen molar-refractivity contribution in [3.8, 4) is 11.5 Å². The summed E-state index contributed by atoms with van der Waals surface area (Å²) in [5, 5.41) is 25.6. The van der Waals surface area contributed by atoms with Crippen LogP contribution in [-0.2, 0) is 14.4 Å². The Balaban J connectivity index is 2.29. The van der Waals surface area contributed by atoms with Gasteiger partial charge in [-0.3, -0.25) is 15.3 Å². The Labute approximate surface area is 127 Å². The molecule has 122 valence electrons. The standard InChI is InChI=1S/C14H19NO7/c1-20-13-10-11(4-6-12(13)16)5-7-14(17)21-8-2-3-9-22-15(18)19/h4-7,10,16,18-19H,2-3,8-9H2,1H3/b7-5+. The molecule has 0 aliphatic rings. The maximum Gasteiger partial charge on any atom is 0.330 e. The van der Waals surface area contributed by atoms with Crippen LogP contribution in [-0.4, -0.2) is 47.2 Å². The summed E-state index contributed by atoms with van der Waals surface area (Å²) in [5.74, 6) is -0.162. The highest BCUT2D eigenvalue weighted by Gasteiger charge is 2.02. The molecule has 0 aliphatic carbocycles. The summed E-state index contributed by atoms with van der Waals surface area (Å²) >= 11 is 0. The minimum absolute atomic E-state index is 0.0220. The first kappa shape index (κ1) is 17.9. The summed E-state index contributed by atoms with van der Waals surface area (Å²) in [5.41, 5.74) is 0.686. The highest BCUT2D eigenvalue weighted by Crippen LogP contribution is 2.26. The number of esters is 1. The number of phenolic OH excluding ortho intramolecular Hbond substituents is 1. The van der Waals surface area contributed by atoms with Crippen LogP contribution in [0, 0.1) is 0 Å². The van der Waals surface area contributed by atoms with E-state index in [-0.39, 0.29) is 24.4 Å². The first-order valence-electron chi connectivity index (χ1n) is 6.55. The van der Waals surface area contributed by atoms with Crippen molar-refractivity contribution in [2.75, 3.05) is 20.3 Å². The number of ether oxygens (including phenoxy) is 2. The van der Waals surface area contributed by atoms with Gasteiger partial charge in [-0.25, -0.2) is 4.79 Å². The Kier molecular flexibility index (Phi) is 7.94. The molecule has 0 radical (unpaired) electrons. The van der Waals surface area contributed by atoms with Gasteiger partial charge >= 0.3 is 5.97 Å². The second-order valence-electron chi connectivity index (χ2n) is 4.23. The van der Waals surface area contributed by atoms with Crippen molar-refractivity contribution in [2.24, 2.45) is 0 Å². The predicted molar refractivity (Wildman–Crippen MR) is 75.2 cm³/mol. The molecule has 0 atom stereocenters. The van der Waals surface area contributed by atoms with Gasteiger partial charge in [0.05, 0.1) is 25.7 Å². The van der Waals surface area contributed by atoms with Crippen molar-refractivity contribution in [1.82, 2.24) is 5.39 Å². The third-order valence-electron chi connectivity index (χ3n) is 2.61. The lowest BCUT2D eigenvalue weighted by Crippen LogP contribution is -2.15. The fourth-order valence-corrected chi connectivity index (χ4v) is 1.53. The van der Waals surface area contributed by atoms with Crippen LogP contribution in [0.25, 0.3) is 6.08 Å². The zero-order valence-electron chi connectivity index (χ0n) is 12.1. The third-order valence-corrected chi connectivity index (χ3v) is 2.61. The predicted octanol–water partition coefficient (Wildman–Crippen LogP) is 1.75. The van der Waals surface area contributed by atoms with Gasteiger partial charge in [-0.05, 0) is 36.6 Å². The van der Waals surface area contributed by atoms with E-state index in [1.54, 1.807) is 18.2 Å². The zero-order chi connectivity index (χ0) is 16.4. The molecular formula is C14H19NO7. The molecule has 1 aromatic carbocycles. The van der Waals surface area contributed by atoms with E-state index in [0.29, 0.717) is 24.2 Å². The first-order valence-corrected chi connectivity index (χ1v) is 6.55. The molecule has 0 unspecified atom stereocenters. The van der Waals surface area contributed by atoms with Gasteiger partial charge in [0, 0.05) is 6.08 Å². The molecule has 0 heterocycles. The van der Waals surface area contributed by atoms with E-state index in [4.69, 9.17) is 19.9 Å². The lowest BCUT2D eigenvalue weighted by atomic mass is 10.2. The molecule has 0 fully saturated rings. The minimum Gasteiger partial charge on any atom is -0.504 e. The number of phenols is 1. The van der Waals surface area contributed by atoms with Gasteiger partial charge < -0.3 is 14.6 Å². The summed E-state index contributed by atoms with van der Waals surface area (Å²) in [4.78, 5) is 15.8. The lowest BCUT2D eigenvalue weighted by molar-refractivity contribution is -0.492. The lowest BCUT2D eigenvalue weighted by Gasteiger charge is -2.06. The maximum absolute atomic E-state index is 11.5. The highest BCUT2D eigenvalue weighted by molar-refractivity contribution is 5.87. The van der Waals surface area contributed by atoms with Gasteiger partial charge in [0.2, 0.25) is 0 Å². The number of nitrogens with zero attached hydrogens (tertiary/aromatic N) is 1. The maximum atomic E-state index is 11.5. The van der Waals surface area contributed by atoms with Crippen molar-refractivity contribution < 1.29 is 34.6 Å². The fourth-order valence-electron chi connectivity index (χ4n) is 1.53. The highest BCUT2D eigenvalue weighted by atomic mass is 17.1. The van der Waals surface area contributed by atoms with Gasteiger partial charge in [0.15, 0.2) is 11.5 Å². The van der Waals surface area contributed by atoms with Crippen LogP contribution in [0.5, 0.6) is 11.5 Å². The Morgan fingerprint density at radius 3 is 2.68 bits per heavy atom. The van der Waals surface area contributed by atoms with E-state index < -0.39 is 5.97 Å². The molecule has 22 heavy (non-hydrogen) atoms. The van der Waals surface area contributed by atoms with Crippen LogP contribution in [0.3, 0.4) is 0 Å². The van der Waals surface area contributed by atoms with E-state index in [1.165, 1.54) is 19.3 Å². The van der Waals surface area contributed by atoms with Crippen molar-refractivity contribution >= 4 is 12.0 Å². The molecule has 8 heteroatoms. The number of carbonyl (C=O) groups excluding carboxylic acids is 1. The normalized spacial score (nSPS) is 11.1. The fraction of sp³-hybridized carbons (Fsp3) is 0.357. The van der Waals surface area contributed by atoms with Gasteiger partial charge in [-0.15, -0.1) is 0 Å². The van der Waals surface area contributed by atoms with E-state index in [2.05, 4.69) is 4.84 Å². The summed E-state index contributed by atoms with van der Waals surface area (Å²) < 4.78 is 9.91. The molecule has 0 aliphatic heterocycles. The third kappa shape index (κ3) is 7.04. The monoisotopic (exact) mass is 313 g/mol. The van der Waals surface area contributed by atoms with Crippen LogP contribution in [0.15, 0.2) is 24.3 Å². The van der Waals surface area contributed by atoms with Crippen LogP contribution >= 0.6 is 0 Å². The second kappa shape index (κ2) is 9.74. The molecule has 8 nitrogen and oxygen atoms in total. The zero-order valence-corrected chi connectivity index (χ0v) is 12.1. The number of hydrogen-bond acceptors (Lipinski definition) is 8. The number of aromatic hydroxyl groups is 1. The number of unbranched alkanes of at least 4 members (excludes halogenated alkanes) is 1. The Bertz CT molecular complexity index is 502. The summed E-state index contributed by atoms with van der Waals surface area (Å²) in [6.07, 6.45) is 3.85. The summed E-state index contributed by atoms with van der Waals surface area (Å²) in [7, 11) is 1.44. The molecule has 0 amide bonds. The molecule has 3 N–H and O–H groups in total. The van der Waals surface area contributed by atoms with E-state index in [1.807, 2.05) is 0 Å². The van der Waals surface area contributed by atoms with Crippen molar-refractivity contribution in [3.63, 3.8) is 0 Å². The average molecular weight is 313 g/mol. The number of hydrogen-bond donors (Lipinski definition) is 3. The van der Waals surface area contributed by atoms with Gasteiger partial charge in [-0.1, -0.05) is 6.07 Å². The molecule has 0 aromatic heterocycles. The van der Waals surface area contributed by atoms with Crippen molar-refractivity contribution in [2.45, 2.75) is 12.8 Å². The quantitative estimate of drug-likeness (QED) is 0.274. The van der Waals surface area contributed by atoms with Crippen LogP contribution in [0.2, 0.25) is 0 Å². The van der Waals surface area contributed by atoms with E-state index in [9.17, 15) is 9.90 Å². The summed E-state index contributed by atoms with van der Waals surface area (Å²) in [6.45, 7) is 0.302.